The summed E-state index contributed by atoms with van der Waals surface area (Å²) in [6, 6.07) is 10.7. The number of aromatic nitrogens is 1. The minimum absolute atomic E-state index is 0.0394. The number of carbonyl (C=O) groups is 2. The molecule has 2 amide bonds. The number of pyridine rings is 1. The van der Waals surface area contributed by atoms with Crippen molar-refractivity contribution in [2.45, 2.75) is 45.6 Å². The number of ether oxygens (including phenoxy) is 2. The Hall–Kier alpha value is -3.09. The van der Waals surface area contributed by atoms with E-state index in [1.165, 1.54) is 0 Å². The van der Waals surface area contributed by atoms with Gasteiger partial charge in [-0.25, -0.2) is 4.98 Å². The summed E-state index contributed by atoms with van der Waals surface area (Å²) < 4.78 is 11.3. The largest absolute Gasteiger partial charge is 0.491 e. The standard InChI is InChI=1S/C26H35N3O4/c1-19(2)16-21-18-33-23-11-7-6-10-22(23)26(31)28(3)14-8-5-9-15-29(21)25(30)20-12-13-24(32-4)27-17-20/h6-7,10-13,17,19,21H,5,8-9,14-16,18H2,1-4H3/t21-/m0/s1. The van der Waals surface area contributed by atoms with Gasteiger partial charge in [0.05, 0.1) is 24.3 Å². The van der Waals surface area contributed by atoms with Crippen LogP contribution in [0.3, 0.4) is 0 Å². The van der Waals surface area contributed by atoms with Gasteiger partial charge in [-0.3, -0.25) is 9.59 Å². The van der Waals surface area contributed by atoms with Gasteiger partial charge in [0.2, 0.25) is 5.88 Å². The molecule has 0 N–H and O–H groups in total. The van der Waals surface area contributed by atoms with E-state index in [4.69, 9.17) is 9.47 Å². The van der Waals surface area contributed by atoms with Crippen LogP contribution in [-0.2, 0) is 0 Å². The van der Waals surface area contributed by atoms with Gasteiger partial charge < -0.3 is 19.3 Å². The Morgan fingerprint density at radius 2 is 1.91 bits per heavy atom. The Labute approximate surface area is 196 Å². The lowest BCUT2D eigenvalue weighted by Gasteiger charge is -2.33. The molecular weight excluding hydrogens is 418 g/mol. The summed E-state index contributed by atoms with van der Waals surface area (Å²) in [6.45, 7) is 5.90. The first kappa shape index (κ1) is 24.6. The van der Waals surface area contributed by atoms with E-state index < -0.39 is 0 Å². The third-order valence-corrected chi connectivity index (χ3v) is 5.93. The second kappa shape index (κ2) is 11.7. The lowest BCUT2D eigenvalue weighted by atomic mass is 10.0. The average molecular weight is 454 g/mol. The number of hydrogen-bond acceptors (Lipinski definition) is 5. The summed E-state index contributed by atoms with van der Waals surface area (Å²) in [5, 5.41) is 0. The van der Waals surface area contributed by atoms with Crippen LogP contribution >= 0.6 is 0 Å². The second-order valence-electron chi connectivity index (χ2n) is 8.97. The predicted molar refractivity (Wildman–Crippen MR) is 128 cm³/mol. The minimum Gasteiger partial charge on any atom is -0.491 e. The molecule has 0 saturated carbocycles. The lowest BCUT2D eigenvalue weighted by Crippen LogP contribution is -2.45. The van der Waals surface area contributed by atoms with Gasteiger partial charge in [0.1, 0.15) is 12.4 Å². The number of rotatable bonds is 4. The molecule has 3 rings (SSSR count). The molecule has 1 atom stereocenters. The van der Waals surface area contributed by atoms with E-state index in [-0.39, 0.29) is 17.9 Å². The van der Waals surface area contributed by atoms with Crippen molar-refractivity contribution >= 4 is 11.8 Å². The number of nitrogens with zero attached hydrogens (tertiary/aromatic N) is 3. The highest BCUT2D eigenvalue weighted by atomic mass is 16.5. The molecule has 1 aromatic carbocycles. The van der Waals surface area contributed by atoms with Gasteiger partial charge in [-0.2, -0.15) is 0 Å². The Balaban J connectivity index is 1.92. The molecule has 0 aliphatic carbocycles. The van der Waals surface area contributed by atoms with Crippen molar-refractivity contribution in [3.05, 3.63) is 53.7 Å². The number of para-hydroxylation sites is 1. The first-order chi connectivity index (χ1) is 15.9. The van der Waals surface area contributed by atoms with Crippen LogP contribution < -0.4 is 9.47 Å². The molecule has 0 bridgehead atoms. The molecule has 178 valence electrons. The van der Waals surface area contributed by atoms with Crippen molar-refractivity contribution < 1.29 is 19.1 Å². The van der Waals surface area contributed by atoms with Gasteiger partial charge in [-0.1, -0.05) is 26.0 Å². The minimum atomic E-state index is -0.124. The van der Waals surface area contributed by atoms with Crippen LogP contribution in [-0.4, -0.2) is 66.5 Å². The van der Waals surface area contributed by atoms with Crippen molar-refractivity contribution in [1.82, 2.24) is 14.8 Å². The molecule has 7 nitrogen and oxygen atoms in total. The van der Waals surface area contributed by atoms with Gasteiger partial charge in [0.25, 0.3) is 11.8 Å². The fourth-order valence-corrected chi connectivity index (χ4v) is 4.14. The highest BCUT2D eigenvalue weighted by Gasteiger charge is 2.27. The third kappa shape index (κ3) is 6.46. The number of methoxy groups -OCH3 is 1. The molecule has 2 aromatic rings. The highest BCUT2D eigenvalue weighted by Crippen LogP contribution is 2.24. The van der Waals surface area contributed by atoms with Gasteiger partial charge in [-0.05, 0) is 49.8 Å². The second-order valence-corrected chi connectivity index (χ2v) is 8.97. The molecule has 0 radical (unpaired) electrons. The number of benzene rings is 1. The molecule has 0 fully saturated rings. The maximum atomic E-state index is 13.6. The van der Waals surface area contributed by atoms with Crippen LogP contribution in [0.2, 0.25) is 0 Å². The van der Waals surface area contributed by atoms with Gasteiger partial charge >= 0.3 is 0 Å². The van der Waals surface area contributed by atoms with Crippen molar-refractivity contribution in [2.75, 3.05) is 33.9 Å². The summed E-state index contributed by atoms with van der Waals surface area (Å²) in [6.07, 6.45) is 5.04. The molecule has 1 aliphatic rings. The molecule has 2 heterocycles. The third-order valence-electron chi connectivity index (χ3n) is 5.93. The zero-order valence-electron chi connectivity index (χ0n) is 20.1. The van der Waals surface area contributed by atoms with Crippen LogP contribution in [0.25, 0.3) is 0 Å². The molecular formula is C26H35N3O4. The van der Waals surface area contributed by atoms with Crippen LogP contribution in [0.1, 0.15) is 60.2 Å². The van der Waals surface area contributed by atoms with Gasteiger partial charge in [-0.15, -0.1) is 0 Å². The number of carbonyl (C=O) groups excluding carboxylic acids is 2. The average Bonchev–Trinajstić information content (AvgIpc) is 2.83. The maximum Gasteiger partial charge on any atom is 0.257 e. The van der Waals surface area contributed by atoms with Gasteiger partial charge in [0.15, 0.2) is 0 Å². The van der Waals surface area contributed by atoms with E-state index in [0.717, 1.165) is 25.7 Å². The summed E-state index contributed by atoms with van der Waals surface area (Å²) in [7, 11) is 3.38. The summed E-state index contributed by atoms with van der Waals surface area (Å²) >= 11 is 0. The fourth-order valence-electron chi connectivity index (χ4n) is 4.14. The summed E-state index contributed by atoms with van der Waals surface area (Å²) in [5.74, 6) is 1.31. The van der Waals surface area contributed by atoms with E-state index >= 15 is 0 Å². The summed E-state index contributed by atoms with van der Waals surface area (Å²) in [4.78, 5) is 34.4. The van der Waals surface area contributed by atoms with Crippen molar-refractivity contribution in [3.63, 3.8) is 0 Å². The molecule has 0 saturated heterocycles. The smallest absolute Gasteiger partial charge is 0.257 e. The summed E-state index contributed by atoms with van der Waals surface area (Å²) in [5.41, 5.74) is 1.09. The van der Waals surface area contributed by atoms with Crippen LogP contribution in [0, 0.1) is 5.92 Å². The van der Waals surface area contributed by atoms with E-state index in [2.05, 4.69) is 18.8 Å². The SMILES string of the molecule is COc1ccc(C(=O)N2CCCCCN(C)C(=O)c3ccccc3OC[C@@H]2CC(C)C)cn1. The number of fused-ring (bicyclic) bond motifs is 1. The van der Waals surface area contributed by atoms with E-state index in [1.807, 2.05) is 30.1 Å². The quantitative estimate of drug-likeness (QED) is 0.691. The van der Waals surface area contributed by atoms with Crippen LogP contribution in [0.5, 0.6) is 11.6 Å². The van der Waals surface area contributed by atoms with Crippen LogP contribution in [0.15, 0.2) is 42.6 Å². The van der Waals surface area contributed by atoms with Crippen LogP contribution in [0.4, 0.5) is 0 Å². The molecule has 1 aliphatic heterocycles. The van der Waals surface area contributed by atoms with E-state index in [9.17, 15) is 9.59 Å². The number of amides is 2. The Kier molecular flexibility index (Phi) is 8.69. The Bertz CT molecular complexity index is 929. The van der Waals surface area contributed by atoms with Crippen molar-refractivity contribution in [1.29, 1.82) is 0 Å². The van der Waals surface area contributed by atoms with Crippen molar-refractivity contribution in [3.8, 4) is 11.6 Å². The van der Waals surface area contributed by atoms with Crippen molar-refractivity contribution in [2.24, 2.45) is 5.92 Å². The number of hydrogen-bond donors (Lipinski definition) is 0. The first-order valence-electron chi connectivity index (χ1n) is 11.7. The normalized spacial score (nSPS) is 18.0. The zero-order chi connectivity index (χ0) is 23.8. The monoisotopic (exact) mass is 453 g/mol. The molecule has 0 spiro atoms. The van der Waals surface area contributed by atoms with E-state index in [1.54, 1.807) is 36.4 Å². The zero-order valence-corrected chi connectivity index (χ0v) is 20.1. The maximum absolute atomic E-state index is 13.6. The lowest BCUT2D eigenvalue weighted by molar-refractivity contribution is 0.0572. The topological polar surface area (TPSA) is 72.0 Å². The van der Waals surface area contributed by atoms with E-state index in [0.29, 0.717) is 48.4 Å². The van der Waals surface area contributed by atoms with Gasteiger partial charge in [0, 0.05) is 32.4 Å². The first-order valence-corrected chi connectivity index (χ1v) is 11.7. The molecule has 0 unspecified atom stereocenters. The highest BCUT2D eigenvalue weighted by molar-refractivity contribution is 5.97. The molecule has 33 heavy (non-hydrogen) atoms. The predicted octanol–water partition coefficient (Wildman–Crippen LogP) is 4.28. The fraction of sp³-hybridized carbons (Fsp3) is 0.500. The molecule has 7 heteroatoms. The molecule has 1 aromatic heterocycles. The Morgan fingerprint density at radius 1 is 1.15 bits per heavy atom. The Morgan fingerprint density at radius 3 is 2.61 bits per heavy atom.